The number of nitrogens with one attached hydrogen (secondary N) is 1. The molecule has 0 spiro atoms. The number of halogens is 2. The van der Waals surface area contributed by atoms with Gasteiger partial charge in [-0.2, -0.15) is 0 Å². The molecule has 0 heterocycles. The van der Waals surface area contributed by atoms with Crippen molar-refractivity contribution in [2.45, 2.75) is 52.7 Å². The zero-order chi connectivity index (χ0) is 25.6. The highest BCUT2D eigenvalue weighted by Gasteiger charge is 2.31. The average molecular weight is 573 g/mol. The van der Waals surface area contributed by atoms with E-state index in [4.69, 9.17) is 11.6 Å². The maximum atomic E-state index is 13.5. The van der Waals surface area contributed by atoms with Gasteiger partial charge in [-0.25, -0.2) is 8.42 Å². The fraction of sp³-hybridized carbons (Fsp3) is 0.417. The lowest BCUT2D eigenvalue weighted by Crippen LogP contribution is -2.52. The third kappa shape index (κ3) is 7.71. The van der Waals surface area contributed by atoms with E-state index >= 15 is 0 Å². The standard InChI is InChI=1S/C24H31BrClN3O4S/c1-6-17(3)27-24(31)18(4)28(14-19-8-7-9-20(25)13-19)23(30)15-29(34(5,32)33)22-11-10-21(26)12-16(22)2/h7-13,17-18H,6,14-15H2,1-5H3,(H,27,31)/t17-,18+/m0/s1. The van der Waals surface area contributed by atoms with Crippen molar-refractivity contribution in [1.82, 2.24) is 10.2 Å². The molecule has 2 amide bonds. The number of sulfonamides is 1. The number of hydrogen-bond donors (Lipinski definition) is 1. The number of carbonyl (C=O) groups is 2. The van der Waals surface area contributed by atoms with E-state index < -0.39 is 28.5 Å². The van der Waals surface area contributed by atoms with E-state index in [0.717, 1.165) is 27.0 Å². The first-order valence-electron chi connectivity index (χ1n) is 10.9. The molecule has 1 N–H and O–H groups in total. The number of nitrogens with zero attached hydrogens (tertiary/aromatic N) is 2. The number of carbonyl (C=O) groups excluding carboxylic acids is 2. The van der Waals surface area contributed by atoms with E-state index in [1.165, 1.54) is 4.90 Å². The van der Waals surface area contributed by atoms with Gasteiger partial charge in [-0.3, -0.25) is 13.9 Å². The molecule has 2 rings (SSSR count). The van der Waals surface area contributed by atoms with Crippen molar-refractivity contribution in [2.75, 3.05) is 17.1 Å². The van der Waals surface area contributed by atoms with Gasteiger partial charge in [0.2, 0.25) is 21.8 Å². The predicted molar refractivity (Wildman–Crippen MR) is 140 cm³/mol. The van der Waals surface area contributed by atoms with Crippen LogP contribution in [0.4, 0.5) is 5.69 Å². The molecule has 0 unspecified atom stereocenters. The molecule has 0 aliphatic carbocycles. The molecule has 2 aromatic carbocycles. The lowest BCUT2D eigenvalue weighted by atomic mass is 10.1. The summed E-state index contributed by atoms with van der Waals surface area (Å²) in [5.74, 6) is -0.794. The van der Waals surface area contributed by atoms with Crippen LogP contribution in [-0.4, -0.2) is 50.0 Å². The van der Waals surface area contributed by atoms with E-state index in [1.54, 1.807) is 32.0 Å². The minimum absolute atomic E-state index is 0.0537. The zero-order valence-electron chi connectivity index (χ0n) is 20.0. The molecule has 0 saturated carbocycles. The summed E-state index contributed by atoms with van der Waals surface area (Å²) in [6.45, 7) is 6.91. The van der Waals surface area contributed by atoms with Crippen LogP contribution < -0.4 is 9.62 Å². The van der Waals surface area contributed by atoms with Crippen LogP contribution in [0.15, 0.2) is 46.9 Å². The van der Waals surface area contributed by atoms with Gasteiger partial charge in [0, 0.05) is 22.1 Å². The van der Waals surface area contributed by atoms with Gasteiger partial charge in [0.05, 0.1) is 11.9 Å². The van der Waals surface area contributed by atoms with Gasteiger partial charge in [0.25, 0.3) is 0 Å². The molecular formula is C24H31BrClN3O4S. The van der Waals surface area contributed by atoms with Crippen molar-refractivity contribution in [3.63, 3.8) is 0 Å². The Kier molecular flexibility index (Phi) is 9.96. The summed E-state index contributed by atoms with van der Waals surface area (Å²) in [4.78, 5) is 27.8. The topological polar surface area (TPSA) is 86.8 Å². The van der Waals surface area contributed by atoms with E-state index in [0.29, 0.717) is 16.3 Å². The molecule has 0 aliphatic heterocycles. The number of hydrogen-bond acceptors (Lipinski definition) is 4. The lowest BCUT2D eigenvalue weighted by Gasteiger charge is -2.32. The third-order valence-electron chi connectivity index (χ3n) is 5.52. The largest absolute Gasteiger partial charge is 0.352 e. The fourth-order valence-electron chi connectivity index (χ4n) is 3.37. The Hall–Kier alpha value is -2.10. The average Bonchev–Trinajstić information content (AvgIpc) is 2.74. The fourth-order valence-corrected chi connectivity index (χ4v) is 4.95. The second kappa shape index (κ2) is 12.0. The Bertz CT molecular complexity index is 1140. The van der Waals surface area contributed by atoms with E-state index in [1.807, 2.05) is 38.1 Å². The highest BCUT2D eigenvalue weighted by Crippen LogP contribution is 2.26. The van der Waals surface area contributed by atoms with Crippen LogP contribution in [0, 0.1) is 6.92 Å². The van der Waals surface area contributed by atoms with Crippen molar-refractivity contribution in [1.29, 1.82) is 0 Å². The van der Waals surface area contributed by atoms with Crippen LogP contribution in [0.25, 0.3) is 0 Å². The van der Waals surface area contributed by atoms with Gasteiger partial charge in [-0.05, 0) is 68.7 Å². The Morgan fingerprint density at radius 2 is 1.82 bits per heavy atom. The van der Waals surface area contributed by atoms with E-state index in [2.05, 4.69) is 21.2 Å². The maximum absolute atomic E-state index is 13.5. The Labute approximate surface area is 215 Å². The zero-order valence-corrected chi connectivity index (χ0v) is 23.2. The molecule has 0 aliphatic rings. The van der Waals surface area contributed by atoms with Crippen LogP contribution in [0.3, 0.4) is 0 Å². The van der Waals surface area contributed by atoms with Gasteiger partial charge < -0.3 is 10.2 Å². The molecule has 10 heteroatoms. The normalized spacial score (nSPS) is 13.1. The van der Waals surface area contributed by atoms with Gasteiger partial charge in [-0.15, -0.1) is 0 Å². The first-order valence-corrected chi connectivity index (χ1v) is 13.9. The van der Waals surface area contributed by atoms with Gasteiger partial charge in [-0.1, -0.05) is 46.6 Å². The molecule has 0 radical (unpaired) electrons. The molecule has 7 nitrogen and oxygen atoms in total. The molecule has 0 bridgehead atoms. The highest BCUT2D eigenvalue weighted by molar-refractivity contribution is 9.10. The maximum Gasteiger partial charge on any atom is 0.244 e. The van der Waals surface area contributed by atoms with Crippen molar-refractivity contribution in [2.24, 2.45) is 0 Å². The molecule has 0 fully saturated rings. The number of aryl methyl sites for hydroxylation is 1. The SMILES string of the molecule is CC[C@H](C)NC(=O)[C@@H](C)N(Cc1cccc(Br)c1)C(=O)CN(c1ccc(Cl)cc1C)S(C)(=O)=O. The van der Waals surface area contributed by atoms with Crippen molar-refractivity contribution in [3.05, 3.63) is 63.1 Å². The molecule has 0 aromatic heterocycles. The number of benzene rings is 2. The summed E-state index contributed by atoms with van der Waals surface area (Å²) in [6, 6.07) is 11.3. The first-order chi connectivity index (χ1) is 15.8. The quantitative estimate of drug-likeness (QED) is 0.454. The van der Waals surface area contributed by atoms with Crippen LogP contribution in [-0.2, 0) is 26.2 Å². The van der Waals surface area contributed by atoms with Crippen LogP contribution in [0.5, 0.6) is 0 Å². The van der Waals surface area contributed by atoms with Crippen LogP contribution in [0.2, 0.25) is 5.02 Å². The molecule has 0 saturated heterocycles. The molecule has 186 valence electrons. The highest BCUT2D eigenvalue weighted by atomic mass is 79.9. The van der Waals surface area contributed by atoms with Gasteiger partial charge >= 0.3 is 0 Å². The van der Waals surface area contributed by atoms with E-state index in [-0.39, 0.29) is 18.5 Å². The third-order valence-corrected chi connectivity index (χ3v) is 7.37. The molecular weight excluding hydrogens is 542 g/mol. The summed E-state index contributed by atoms with van der Waals surface area (Å²) in [7, 11) is -3.80. The lowest BCUT2D eigenvalue weighted by molar-refractivity contribution is -0.139. The number of anilines is 1. The number of rotatable bonds is 10. The second-order valence-electron chi connectivity index (χ2n) is 8.35. The molecule has 2 atom stereocenters. The second-order valence-corrected chi connectivity index (χ2v) is 11.6. The minimum atomic E-state index is -3.80. The predicted octanol–water partition coefficient (Wildman–Crippen LogP) is 4.51. The monoisotopic (exact) mass is 571 g/mol. The summed E-state index contributed by atoms with van der Waals surface area (Å²) in [5, 5.41) is 3.37. The number of amides is 2. The molecule has 34 heavy (non-hydrogen) atoms. The summed E-state index contributed by atoms with van der Waals surface area (Å²) in [5.41, 5.74) is 1.78. The summed E-state index contributed by atoms with van der Waals surface area (Å²) >= 11 is 9.46. The minimum Gasteiger partial charge on any atom is -0.352 e. The first kappa shape index (κ1) is 28.1. The Morgan fingerprint density at radius 1 is 1.15 bits per heavy atom. The summed E-state index contributed by atoms with van der Waals surface area (Å²) < 4.78 is 27.2. The smallest absolute Gasteiger partial charge is 0.244 e. The molecule has 2 aromatic rings. The summed E-state index contributed by atoms with van der Waals surface area (Å²) in [6.07, 6.45) is 1.79. The van der Waals surface area contributed by atoms with Gasteiger partial charge in [0.15, 0.2) is 0 Å². The van der Waals surface area contributed by atoms with Gasteiger partial charge in [0.1, 0.15) is 12.6 Å². The van der Waals surface area contributed by atoms with Crippen molar-refractivity contribution < 1.29 is 18.0 Å². The Balaban J connectivity index is 2.42. The Morgan fingerprint density at radius 3 is 2.38 bits per heavy atom. The van der Waals surface area contributed by atoms with Crippen molar-refractivity contribution >= 4 is 55.1 Å². The van der Waals surface area contributed by atoms with E-state index in [9.17, 15) is 18.0 Å². The van der Waals surface area contributed by atoms with Crippen LogP contribution >= 0.6 is 27.5 Å². The van der Waals surface area contributed by atoms with Crippen molar-refractivity contribution in [3.8, 4) is 0 Å². The van der Waals surface area contributed by atoms with Crippen LogP contribution in [0.1, 0.15) is 38.3 Å².